The lowest BCUT2D eigenvalue weighted by atomic mass is 10.1. The van der Waals surface area contributed by atoms with Crippen LogP contribution < -0.4 is 10.5 Å². The minimum absolute atomic E-state index is 0.0126. The second-order valence-electron chi connectivity index (χ2n) is 6.24. The molecule has 0 saturated heterocycles. The Morgan fingerprint density at radius 1 is 1.06 bits per heavy atom. The normalized spacial score (nSPS) is 13.3. The molecule has 1 aromatic heterocycles. The van der Waals surface area contributed by atoms with Crippen molar-refractivity contribution in [1.82, 2.24) is 9.78 Å². The van der Waals surface area contributed by atoms with Crippen molar-refractivity contribution in [1.29, 1.82) is 0 Å². The van der Waals surface area contributed by atoms with Crippen molar-refractivity contribution in [3.63, 3.8) is 0 Å². The number of nitrogens with two attached hydrogens (primary N) is 1. The minimum Gasteiger partial charge on any atom is -0.406 e. The fraction of sp³-hybridized carbons (Fsp3) is 0.211. The number of ether oxygens (including phenoxy) is 1. The van der Waals surface area contributed by atoms with E-state index in [1.807, 2.05) is 0 Å². The number of alkyl halides is 6. The minimum atomic E-state index is -4.83. The number of aromatic nitrogens is 2. The van der Waals surface area contributed by atoms with Gasteiger partial charge in [0.05, 0.1) is 33.1 Å². The highest BCUT2D eigenvalue weighted by atomic mass is 32.2. The zero-order chi connectivity index (χ0) is 23.0. The Balaban J connectivity index is 2.02. The summed E-state index contributed by atoms with van der Waals surface area (Å²) in [6.45, 7) is 1.56. The van der Waals surface area contributed by atoms with Crippen LogP contribution in [0.4, 0.5) is 32.2 Å². The van der Waals surface area contributed by atoms with Crippen LogP contribution in [0.1, 0.15) is 12.5 Å². The van der Waals surface area contributed by atoms with Gasteiger partial charge in [-0.05, 0) is 35.9 Å². The molecule has 0 spiro atoms. The van der Waals surface area contributed by atoms with E-state index in [1.54, 1.807) is 6.92 Å². The Labute approximate surface area is 174 Å². The summed E-state index contributed by atoms with van der Waals surface area (Å²) in [4.78, 5) is -0.0902. The second kappa shape index (κ2) is 8.25. The number of anilines is 1. The van der Waals surface area contributed by atoms with Gasteiger partial charge < -0.3 is 10.5 Å². The summed E-state index contributed by atoms with van der Waals surface area (Å²) in [5, 5.41) is 4.08. The van der Waals surface area contributed by atoms with Gasteiger partial charge >= 0.3 is 12.5 Å². The fourth-order valence-electron chi connectivity index (χ4n) is 2.81. The Morgan fingerprint density at radius 3 is 2.26 bits per heavy atom. The molecule has 3 rings (SSSR count). The first-order valence-corrected chi connectivity index (χ1v) is 10.0. The van der Waals surface area contributed by atoms with E-state index in [1.165, 1.54) is 18.3 Å². The third-order valence-corrected chi connectivity index (χ3v) is 5.57. The lowest BCUT2D eigenvalue weighted by Crippen LogP contribution is -2.16. The monoisotopic (exact) mass is 463 g/mol. The van der Waals surface area contributed by atoms with E-state index < -0.39 is 34.7 Å². The van der Waals surface area contributed by atoms with E-state index in [0.717, 1.165) is 35.0 Å². The quantitative estimate of drug-likeness (QED) is 0.531. The summed E-state index contributed by atoms with van der Waals surface area (Å²) in [7, 11) is -1.74. The summed E-state index contributed by atoms with van der Waals surface area (Å²) >= 11 is 0. The van der Waals surface area contributed by atoms with Gasteiger partial charge in [0.15, 0.2) is 0 Å². The van der Waals surface area contributed by atoms with E-state index in [9.17, 15) is 30.6 Å². The highest BCUT2D eigenvalue weighted by molar-refractivity contribution is 7.85. The molecule has 0 saturated carbocycles. The van der Waals surface area contributed by atoms with E-state index >= 15 is 0 Å². The third-order valence-electron chi connectivity index (χ3n) is 4.23. The Hall–Kier alpha value is -3.02. The Kier molecular flexibility index (Phi) is 6.03. The highest BCUT2D eigenvalue weighted by Crippen LogP contribution is 2.35. The predicted molar refractivity (Wildman–Crippen MR) is 102 cm³/mol. The van der Waals surface area contributed by atoms with Crippen LogP contribution in [0.25, 0.3) is 16.8 Å². The van der Waals surface area contributed by atoms with Gasteiger partial charge in [-0.2, -0.15) is 18.3 Å². The Morgan fingerprint density at radius 2 is 1.71 bits per heavy atom. The lowest BCUT2D eigenvalue weighted by Gasteiger charge is -2.14. The van der Waals surface area contributed by atoms with Crippen LogP contribution in [-0.4, -0.2) is 26.1 Å². The van der Waals surface area contributed by atoms with E-state index in [4.69, 9.17) is 5.73 Å². The fourth-order valence-corrected chi connectivity index (χ4v) is 3.77. The molecule has 1 heterocycles. The zero-order valence-corrected chi connectivity index (χ0v) is 16.6. The molecule has 12 heteroatoms. The first-order valence-electron chi connectivity index (χ1n) is 8.70. The number of hydrogen-bond acceptors (Lipinski definition) is 4. The number of rotatable bonds is 5. The molecule has 0 fully saturated rings. The molecule has 1 atom stereocenters. The van der Waals surface area contributed by atoms with Crippen LogP contribution in [0.3, 0.4) is 0 Å². The van der Waals surface area contributed by atoms with Gasteiger partial charge in [0.1, 0.15) is 11.6 Å². The van der Waals surface area contributed by atoms with Gasteiger partial charge in [-0.1, -0.05) is 19.1 Å². The predicted octanol–water partition coefficient (Wildman–Crippen LogP) is 5.17. The molecule has 0 aliphatic rings. The molecule has 0 aliphatic carbocycles. The average Bonchev–Trinajstić information content (AvgIpc) is 3.06. The smallest absolute Gasteiger partial charge is 0.406 e. The SMILES string of the molecule is CCS(=O)c1cc(C(F)(F)F)ccc1-n1ncc(-c2ccc(OC(F)(F)F)cc2)c1N. The molecule has 31 heavy (non-hydrogen) atoms. The Bertz CT molecular complexity index is 1110. The van der Waals surface area contributed by atoms with Crippen LogP contribution in [-0.2, 0) is 17.0 Å². The number of hydrogen-bond donors (Lipinski definition) is 1. The topological polar surface area (TPSA) is 70.1 Å². The molecular weight excluding hydrogens is 448 g/mol. The van der Waals surface area contributed by atoms with Gasteiger partial charge in [-0.15, -0.1) is 13.2 Å². The van der Waals surface area contributed by atoms with Crippen molar-refractivity contribution in [2.24, 2.45) is 0 Å². The van der Waals surface area contributed by atoms with Crippen molar-refractivity contribution in [2.75, 3.05) is 11.5 Å². The summed E-state index contributed by atoms with van der Waals surface area (Å²) in [5.74, 6) is -0.340. The van der Waals surface area contributed by atoms with Crippen LogP contribution in [0.2, 0.25) is 0 Å². The molecule has 3 aromatic rings. The van der Waals surface area contributed by atoms with Gasteiger partial charge in [0, 0.05) is 11.3 Å². The van der Waals surface area contributed by atoms with E-state index in [2.05, 4.69) is 9.84 Å². The van der Waals surface area contributed by atoms with Gasteiger partial charge in [0.25, 0.3) is 0 Å². The molecule has 0 amide bonds. The maximum atomic E-state index is 13.1. The summed E-state index contributed by atoms with van der Waals surface area (Å²) in [6, 6.07) is 7.59. The van der Waals surface area contributed by atoms with Gasteiger partial charge in [-0.3, -0.25) is 4.21 Å². The molecule has 0 radical (unpaired) electrons. The van der Waals surface area contributed by atoms with Crippen molar-refractivity contribution in [3.05, 3.63) is 54.2 Å². The third kappa shape index (κ3) is 5.01. The van der Waals surface area contributed by atoms with Crippen molar-refractivity contribution < 1.29 is 35.3 Å². The van der Waals surface area contributed by atoms with Crippen molar-refractivity contribution >= 4 is 16.6 Å². The van der Waals surface area contributed by atoms with Crippen LogP contribution >= 0.6 is 0 Å². The molecule has 1 unspecified atom stereocenters. The maximum absolute atomic E-state index is 13.1. The number of benzene rings is 2. The number of halogens is 6. The van der Waals surface area contributed by atoms with Gasteiger partial charge in [-0.25, -0.2) is 4.68 Å². The molecule has 2 aromatic carbocycles. The highest BCUT2D eigenvalue weighted by Gasteiger charge is 2.32. The molecule has 5 nitrogen and oxygen atoms in total. The average molecular weight is 463 g/mol. The van der Waals surface area contributed by atoms with Crippen LogP contribution in [0.5, 0.6) is 5.75 Å². The van der Waals surface area contributed by atoms with Crippen molar-refractivity contribution in [2.45, 2.75) is 24.4 Å². The lowest BCUT2D eigenvalue weighted by molar-refractivity contribution is -0.274. The first-order chi connectivity index (χ1) is 14.4. The van der Waals surface area contributed by atoms with E-state index in [-0.39, 0.29) is 22.2 Å². The largest absolute Gasteiger partial charge is 0.573 e. The van der Waals surface area contributed by atoms with Crippen LogP contribution in [0.15, 0.2) is 53.6 Å². The summed E-state index contributed by atoms with van der Waals surface area (Å²) in [5.41, 5.74) is 5.99. The molecule has 0 bridgehead atoms. The first kappa shape index (κ1) is 22.7. The zero-order valence-electron chi connectivity index (χ0n) is 15.8. The molecular formula is C19H15F6N3O2S. The summed E-state index contributed by atoms with van der Waals surface area (Å²) in [6.07, 6.45) is -8.14. The maximum Gasteiger partial charge on any atom is 0.573 e. The van der Waals surface area contributed by atoms with Gasteiger partial charge in [0.2, 0.25) is 0 Å². The summed E-state index contributed by atoms with van der Waals surface area (Å²) < 4.78 is 93.5. The second-order valence-corrected chi connectivity index (χ2v) is 7.95. The number of nitrogens with zero attached hydrogens (tertiary/aromatic N) is 2. The van der Waals surface area contributed by atoms with E-state index in [0.29, 0.717) is 11.1 Å². The standard InChI is InChI=1S/C19H15F6N3O2S/c1-2-31(29)16-9-12(18(20,21)22)5-8-15(16)28-17(26)14(10-27-28)11-3-6-13(7-4-11)30-19(23,24)25/h3-10H,2,26H2,1H3. The van der Waals surface area contributed by atoms with Crippen LogP contribution in [0, 0.1) is 0 Å². The molecule has 166 valence electrons. The number of nitrogen functional groups attached to an aromatic ring is 1. The van der Waals surface area contributed by atoms with Crippen molar-refractivity contribution in [3.8, 4) is 22.6 Å². The molecule has 2 N–H and O–H groups in total. The molecule has 0 aliphatic heterocycles.